The van der Waals surface area contributed by atoms with Gasteiger partial charge < -0.3 is 28.8 Å². The summed E-state index contributed by atoms with van der Waals surface area (Å²) >= 11 is 0. The van der Waals surface area contributed by atoms with Crippen LogP contribution in [0.4, 0.5) is 0 Å². The zero-order valence-corrected chi connectivity index (χ0v) is 48.7. The highest BCUT2D eigenvalue weighted by Gasteiger charge is 2.23. The van der Waals surface area contributed by atoms with Gasteiger partial charge in [-0.15, -0.1) is 0 Å². The van der Waals surface area contributed by atoms with Crippen molar-refractivity contribution in [2.45, 2.75) is 251 Å². The fourth-order valence-electron chi connectivity index (χ4n) is 8.14. The summed E-state index contributed by atoms with van der Waals surface area (Å²) in [4.78, 5) is 25.4. The first-order valence-corrected chi connectivity index (χ1v) is 31.2. The molecule has 0 heterocycles. The number of aliphatic hydroxyl groups is 1. The number of phosphoric ester groups is 1. The highest BCUT2D eigenvalue weighted by molar-refractivity contribution is 7.45. The molecule has 0 fully saturated rings. The number of quaternary nitrogens is 1. The number of carbonyl (C=O) groups is 1. The second-order valence-corrected chi connectivity index (χ2v) is 22.3. The Hall–Kier alpha value is -2.84. The van der Waals surface area contributed by atoms with Gasteiger partial charge in [0.2, 0.25) is 5.91 Å². The second kappa shape index (κ2) is 54.0. The van der Waals surface area contributed by atoms with Crippen molar-refractivity contribution in [1.29, 1.82) is 0 Å². The van der Waals surface area contributed by atoms with Crippen LogP contribution in [-0.2, 0) is 18.4 Å². The number of unbranched alkanes of at least 4 members (excludes halogenated alkanes) is 24. The third kappa shape index (κ3) is 56.7. The lowest BCUT2D eigenvalue weighted by Crippen LogP contribution is -2.45. The highest BCUT2D eigenvalue weighted by Crippen LogP contribution is 2.38. The highest BCUT2D eigenvalue weighted by atomic mass is 31.2. The number of allylic oxidation sites excluding steroid dienone is 17. The first-order valence-electron chi connectivity index (χ1n) is 29.7. The van der Waals surface area contributed by atoms with E-state index in [4.69, 9.17) is 9.05 Å². The molecule has 0 saturated carbocycles. The molecule has 0 radical (unpaired) electrons. The van der Waals surface area contributed by atoms with Gasteiger partial charge in [0, 0.05) is 6.42 Å². The molecule has 0 spiro atoms. The summed E-state index contributed by atoms with van der Waals surface area (Å²) in [6.45, 7) is 4.37. The zero-order chi connectivity index (χ0) is 53.5. The molecule has 0 rings (SSSR count). The van der Waals surface area contributed by atoms with Crippen molar-refractivity contribution < 1.29 is 32.9 Å². The topological polar surface area (TPSA) is 108 Å². The molecule has 0 bridgehead atoms. The van der Waals surface area contributed by atoms with Gasteiger partial charge in [-0.1, -0.05) is 252 Å². The maximum Gasteiger partial charge on any atom is 0.268 e. The Morgan fingerprint density at radius 1 is 0.479 bits per heavy atom. The van der Waals surface area contributed by atoms with Crippen LogP contribution in [0.3, 0.4) is 0 Å². The third-order valence-electron chi connectivity index (χ3n) is 12.7. The molecule has 3 unspecified atom stereocenters. The molecule has 73 heavy (non-hydrogen) atoms. The van der Waals surface area contributed by atoms with Crippen LogP contribution in [0.15, 0.2) is 109 Å². The largest absolute Gasteiger partial charge is 0.756 e. The Morgan fingerprint density at radius 2 is 0.808 bits per heavy atom. The molecule has 1 amide bonds. The first kappa shape index (κ1) is 70.2. The van der Waals surface area contributed by atoms with Crippen LogP contribution in [0, 0.1) is 0 Å². The number of rotatable bonds is 53. The van der Waals surface area contributed by atoms with Gasteiger partial charge in [0.15, 0.2) is 0 Å². The van der Waals surface area contributed by atoms with E-state index in [9.17, 15) is 19.4 Å². The summed E-state index contributed by atoms with van der Waals surface area (Å²) in [5.41, 5.74) is 0. The summed E-state index contributed by atoms with van der Waals surface area (Å²) in [7, 11) is 1.23. The molecule has 0 aliphatic rings. The summed E-state index contributed by atoms with van der Waals surface area (Å²) in [5, 5.41) is 13.8. The van der Waals surface area contributed by atoms with E-state index in [1.165, 1.54) is 128 Å². The number of nitrogens with one attached hydrogen (secondary N) is 1. The van der Waals surface area contributed by atoms with Crippen LogP contribution >= 0.6 is 7.82 Å². The van der Waals surface area contributed by atoms with Gasteiger partial charge in [-0.25, -0.2) is 0 Å². The SMILES string of the molecule is CC/C=C\C/C=C\C/C=C\C/C=C\C/C=C\C/C=C\CCCCCCCCCCCCCCCCCCCCCCCCC(=O)NC(COP(=O)([O-])OCC[N+](C)(C)C)C(O)/C=C/CC/C=C/CC/C=C/CC. The zero-order valence-electron chi connectivity index (χ0n) is 47.8. The van der Waals surface area contributed by atoms with Crippen LogP contribution in [-0.4, -0.2) is 68.5 Å². The fraction of sp³-hybridized carbons (Fsp3) is 0.703. The van der Waals surface area contributed by atoms with Crippen LogP contribution in [0.2, 0.25) is 0 Å². The quantitative estimate of drug-likeness (QED) is 0.0272. The van der Waals surface area contributed by atoms with Gasteiger partial charge in [0.05, 0.1) is 39.9 Å². The molecule has 9 heteroatoms. The maximum atomic E-state index is 12.9. The van der Waals surface area contributed by atoms with Gasteiger partial charge in [0.25, 0.3) is 7.82 Å². The Balaban J connectivity index is 3.87. The minimum atomic E-state index is -4.60. The lowest BCUT2D eigenvalue weighted by Gasteiger charge is -2.29. The molecular weight excluding hydrogens is 924 g/mol. The number of carbonyl (C=O) groups excluding carboxylic acids is 1. The Labute approximate surface area is 451 Å². The summed E-state index contributed by atoms with van der Waals surface area (Å²) in [6, 6.07) is -0.911. The minimum Gasteiger partial charge on any atom is -0.756 e. The molecule has 0 aromatic carbocycles. The van der Waals surface area contributed by atoms with E-state index in [0.29, 0.717) is 17.4 Å². The van der Waals surface area contributed by atoms with E-state index in [2.05, 4.69) is 116 Å². The van der Waals surface area contributed by atoms with Crippen LogP contribution < -0.4 is 10.2 Å². The molecule has 2 N–H and O–H groups in total. The number of hydrogen-bond acceptors (Lipinski definition) is 6. The Morgan fingerprint density at radius 3 is 1.22 bits per heavy atom. The van der Waals surface area contributed by atoms with E-state index < -0.39 is 26.6 Å². The normalized spacial score (nSPS) is 14.7. The monoisotopic (exact) mass is 1040 g/mol. The van der Waals surface area contributed by atoms with Gasteiger partial charge in [-0.3, -0.25) is 9.36 Å². The van der Waals surface area contributed by atoms with Gasteiger partial charge in [0.1, 0.15) is 13.2 Å². The van der Waals surface area contributed by atoms with E-state index in [1.54, 1.807) is 6.08 Å². The van der Waals surface area contributed by atoms with Crippen LogP contribution in [0.1, 0.15) is 239 Å². The lowest BCUT2D eigenvalue weighted by molar-refractivity contribution is -0.870. The van der Waals surface area contributed by atoms with Crippen molar-refractivity contribution in [2.24, 2.45) is 0 Å². The van der Waals surface area contributed by atoms with Gasteiger partial charge in [-0.05, 0) is 89.9 Å². The molecule has 0 aliphatic heterocycles. The number of aliphatic hydroxyl groups excluding tert-OH is 1. The Kier molecular flexibility index (Phi) is 51.9. The van der Waals surface area contributed by atoms with E-state index in [1.807, 2.05) is 27.2 Å². The smallest absolute Gasteiger partial charge is 0.268 e. The molecule has 0 saturated heterocycles. The van der Waals surface area contributed by atoms with Crippen LogP contribution in [0.5, 0.6) is 0 Å². The number of phosphoric acid groups is 1. The van der Waals surface area contributed by atoms with Crippen molar-refractivity contribution in [3.8, 4) is 0 Å². The standard InChI is InChI=1S/C64H113N2O6P/c1-6-8-10-12-14-16-18-19-20-21-22-23-24-25-26-27-28-29-30-31-32-33-34-35-36-37-38-39-40-41-42-43-44-45-46-47-48-50-52-54-56-58-64(68)65-62(61-72-73(69,70)71-60-59-66(3,4)5)63(67)57-55-53-51-49-17-15-13-11-9-7-2/h8-11,14,16-17,19-20,22-23,25-26,28-29,49,55,57,62-63,67H,6-7,12-13,15,18,21,24,27,30-48,50-54,56,58-61H2,1-5H3,(H-,65,68,69,70)/b10-8-,11-9+,16-14-,20-19-,23-22-,26-25-,29-28-,49-17+,57-55+. The molecule has 0 aliphatic carbocycles. The summed E-state index contributed by atoms with van der Waals surface area (Å²) in [6.07, 6.45) is 79.3. The second-order valence-electron chi connectivity index (χ2n) is 20.9. The molecular formula is C64H113N2O6P. The fourth-order valence-corrected chi connectivity index (χ4v) is 8.86. The van der Waals surface area contributed by atoms with Crippen molar-refractivity contribution >= 4 is 13.7 Å². The van der Waals surface area contributed by atoms with Gasteiger partial charge in [-0.2, -0.15) is 0 Å². The Bertz CT molecular complexity index is 1550. The van der Waals surface area contributed by atoms with Crippen molar-refractivity contribution in [2.75, 3.05) is 40.9 Å². The van der Waals surface area contributed by atoms with Crippen molar-refractivity contribution in [3.63, 3.8) is 0 Å². The van der Waals surface area contributed by atoms with E-state index in [0.717, 1.165) is 89.9 Å². The predicted octanol–water partition coefficient (Wildman–Crippen LogP) is 17.7. The minimum absolute atomic E-state index is 0.0117. The lowest BCUT2D eigenvalue weighted by atomic mass is 10.0. The molecule has 8 nitrogen and oxygen atoms in total. The van der Waals surface area contributed by atoms with Crippen LogP contribution in [0.25, 0.3) is 0 Å². The van der Waals surface area contributed by atoms with Crippen molar-refractivity contribution in [1.82, 2.24) is 5.32 Å². The number of nitrogens with zero attached hydrogens (tertiary/aromatic N) is 1. The third-order valence-corrected chi connectivity index (χ3v) is 13.7. The predicted molar refractivity (Wildman–Crippen MR) is 316 cm³/mol. The molecule has 0 aromatic rings. The molecule has 0 aromatic heterocycles. The van der Waals surface area contributed by atoms with Crippen molar-refractivity contribution in [3.05, 3.63) is 109 Å². The summed E-state index contributed by atoms with van der Waals surface area (Å²) in [5.74, 6) is -0.214. The van der Waals surface area contributed by atoms with E-state index >= 15 is 0 Å². The number of amides is 1. The number of likely N-dealkylation sites (N-methyl/N-ethyl adjacent to an activating group) is 1. The summed E-state index contributed by atoms with van der Waals surface area (Å²) < 4.78 is 23.2. The number of hydrogen-bond donors (Lipinski definition) is 2. The average molecular weight is 1040 g/mol. The first-order chi connectivity index (χ1) is 35.5. The molecule has 420 valence electrons. The average Bonchev–Trinajstić information content (AvgIpc) is 3.35. The van der Waals surface area contributed by atoms with Gasteiger partial charge >= 0.3 is 0 Å². The van der Waals surface area contributed by atoms with E-state index in [-0.39, 0.29) is 12.5 Å². The maximum absolute atomic E-state index is 12.9. The molecule has 3 atom stereocenters.